The summed E-state index contributed by atoms with van der Waals surface area (Å²) in [7, 11) is 0. The fourth-order valence-corrected chi connectivity index (χ4v) is 3.19. The summed E-state index contributed by atoms with van der Waals surface area (Å²) in [6.45, 7) is 8.58. The summed E-state index contributed by atoms with van der Waals surface area (Å²) in [5.74, 6) is 0.210. The Hall–Kier alpha value is -2.09. The molecule has 2 aromatic rings. The van der Waals surface area contributed by atoms with Gasteiger partial charge in [0.15, 0.2) is 5.78 Å². The number of carbonyl (C=O) groups excluding carboxylic acids is 1. The van der Waals surface area contributed by atoms with E-state index in [-0.39, 0.29) is 11.3 Å². The molecule has 0 aromatic heterocycles. The second-order valence-electron chi connectivity index (χ2n) is 6.70. The molecule has 2 aromatic carbocycles. The Labute approximate surface area is 126 Å². The molecule has 0 saturated heterocycles. The van der Waals surface area contributed by atoms with Gasteiger partial charge in [0.05, 0.1) is 5.69 Å². The van der Waals surface area contributed by atoms with E-state index >= 15 is 0 Å². The van der Waals surface area contributed by atoms with E-state index in [0.717, 1.165) is 28.1 Å². The van der Waals surface area contributed by atoms with Gasteiger partial charge in [-0.25, -0.2) is 0 Å². The van der Waals surface area contributed by atoms with Gasteiger partial charge < -0.3 is 4.90 Å². The summed E-state index contributed by atoms with van der Waals surface area (Å²) in [4.78, 5) is 15.0. The minimum Gasteiger partial charge on any atom is -0.335 e. The molecule has 0 atom stereocenters. The van der Waals surface area contributed by atoms with E-state index in [4.69, 9.17) is 0 Å². The number of fused-ring (bicyclic) bond motifs is 2. The van der Waals surface area contributed by atoms with Crippen molar-refractivity contribution >= 4 is 17.2 Å². The molecule has 0 N–H and O–H groups in total. The maximum absolute atomic E-state index is 12.7. The maximum Gasteiger partial charge on any atom is 0.169 e. The number of nitrogens with zero attached hydrogens (tertiary/aromatic N) is 1. The van der Waals surface area contributed by atoms with Crippen LogP contribution < -0.4 is 4.90 Å². The molecule has 0 amide bonds. The minimum absolute atomic E-state index is 0.0940. The zero-order chi connectivity index (χ0) is 15.2. The van der Waals surface area contributed by atoms with Crippen molar-refractivity contribution in [2.75, 3.05) is 4.90 Å². The number of benzene rings is 2. The number of anilines is 2. The monoisotopic (exact) mass is 279 g/mol. The molecule has 0 spiro atoms. The molecular weight excluding hydrogens is 258 g/mol. The molecule has 2 heteroatoms. The predicted octanol–water partition coefficient (Wildman–Crippen LogP) is 4.67. The lowest BCUT2D eigenvalue weighted by molar-refractivity contribution is 0.0994. The molecule has 21 heavy (non-hydrogen) atoms. The zero-order valence-electron chi connectivity index (χ0n) is 13.1. The van der Waals surface area contributed by atoms with Gasteiger partial charge in [0.1, 0.15) is 0 Å². The molecular formula is C19H21NO. The topological polar surface area (TPSA) is 20.3 Å². The Morgan fingerprint density at radius 3 is 2.33 bits per heavy atom. The average Bonchev–Trinajstić information content (AvgIpc) is 2.52. The molecule has 108 valence electrons. The maximum atomic E-state index is 12.7. The molecule has 1 heterocycles. The number of ketones is 1. The van der Waals surface area contributed by atoms with Gasteiger partial charge in [-0.3, -0.25) is 4.79 Å². The van der Waals surface area contributed by atoms with Gasteiger partial charge in [0.25, 0.3) is 0 Å². The van der Waals surface area contributed by atoms with E-state index in [0.29, 0.717) is 6.42 Å². The first kappa shape index (κ1) is 13.9. The molecule has 2 nitrogen and oxygen atoms in total. The van der Waals surface area contributed by atoms with E-state index in [1.165, 1.54) is 0 Å². The first-order valence-corrected chi connectivity index (χ1v) is 7.40. The largest absolute Gasteiger partial charge is 0.335 e. The van der Waals surface area contributed by atoms with E-state index in [1.54, 1.807) is 0 Å². The lowest BCUT2D eigenvalue weighted by Crippen LogP contribution is -2.38. The summed E-state index contributed by atoms with van der Waals surface area (Å²) in [6.07, 6.45) is 0.473. The molecule has 0 unspecified atom stereocenters. The summed E-state index contributed by atoms with van der Waals surface area (Å²) < 4.78 is 0. The van der Waals surface area contributed by atoms with Crippen LogP contribution in [0.2, 0.25) is 0 Å². The van der Waals surface area contributed by atoms with Gasteiger partial charge in [-0.2, -0.15) is 0 Å². The molecule has 0 fully saturated rings. The van der Waals surface area contributed by atoms with Crippen molar-refractivity contribution in [2.45, 2.75) is 39.7 Å². The van der Waals surface area contributed by atoms with Gasteiger partial charge >= 0.3 is 0 Å². The number of Topliss-reactive ketones (excluding diaryl/α,β-unsaturated/α-hetero) is 1. The van der Waals surface area contributed by atoms with Gasteiger partial charge in [-0.15, -0.1) is 0 Å². The Kier molecular flexibility index (Phi) is 3.12. The fourth-order valence-electron chi connectivity index (χ4n) is 3.19. The van der Waals surface area contributed by atoms with Crippen LogP contribution in [0.4, 0.5) is 11.4 Å². The summed E-state index contributed by atoms with van der Waals surface area (Å²) in [5.41, 5.74) is 5.10. The smallest absolute Gasteiger partial charge is 0.169 e. The molecule has 0 radical (unpaired) electrons. The number of aryl methyl sites for hydroxylation is 1. The van der Waals surface area contributed by atoms with Crippen LogP contribution in [0.3, 0.4) is 0 Å². The van der Waals surface area contributed by atoms with Crippen molar-refractivity contribution in [3.05, 3.63) is 59.2 Å². The lowest BCUT2D eigenvalue weighted by atomic mass is 9.98. The van der Waals surface area contributed by atoms with Crippen LogP contribution in [0.1, 0.15) is 42.3 Å². The molecule has 3 rings (SSSR count). The normalized spacial score (nSPS) is 14.5. The van der Waals surface area contributed by atoms with Crippen molar-refractivity contribution in [1.29, 1.82) is 0 Å². The highest BCUT2D eigenvalue weighted by Gasteiger charge is 2.32. The van der Waals surface area contributed by atoms with Crippen molar-refractivity contribution in [3.8, 4) is 0 Å². The van der Waals surface area contributed by atoms with E-state index < -0.39 is 0 Å². The first-order valence-electron chi connectivity index (χ1n) is 7.40. The second kappa shape index (κ2) is 4.73. The SMILES string of the molecule is Cc1cccc2c1C(=O)Cc1ccccc1N2C(C)(C)C. The van der Waals surface area contributed by atoms with Crippen LogP contribution in [0.25, 0.3) is 0 Å². The lowest BCUT2D eigenvalue weighted by Gasteiger charge is -2.39. The van der Waals surface area contributed by atoms with Crippen LogP contribution in [0.5, 0.6) is 0 Å². The van der Waals surface area contributed by atoms with E-state index in [2.05, 4.69) is 43.9 Å². The number of hydrogen-bond donors (Lipinski definition) is 0. The third-order valence-electron chi connectivity index (χ3n) is 4.02. The van der Waals surface area contributed by atoms with Crippen LogP contribution >= 0.6 is 0 Å². The highest BCUT2D eigenvalue weighted by molar-refractivity contribution is 6.07. The Bertz CT molecular complexity index is 710. The number of hydrogen-bond acceptors (Lipinski definition) is 2. The third-order valence-corrected chi connectivity index (χ3v) is 4.02. The van der Waals surface area contributed by atoms with Crippen molar-refractivity contribution in [2.24, 2.45) is 0 Å². The highest BCUT2D eigenvalue weighted by atomic mass is 16.1. The van der Waals surface area contributed by atoms with Crippen molar-refractivity contribution < 1.29 is 4.79 Å². The van der Waals surface area contributed by atoms with Crippen molar-refractivity contribution in [1.82, 2.24) is 0 Å². The zero-order valence-corrected chi connectivity index (χ0v) is 13.1. The predicted molar refractivity (Wildman–Crippen MR) is 87.5 cm³/mol. The minimum atomic E-state index is -0.0940. The number of para-hydroxylation sites is 1. The molecule has 1 aliphatic rings. The van der Waals surface area contributed by atoms with E-state index in [9.17, 15) is 4.79 Å². The van der Waals surface area contributed by atoms with Crippen molar-refractivity contribution in [3.63, 3.8) is 0 Å². The summed E-state index contributed by atoms with van der Waals surface area (Å²) in [5, 5.41) is 0. The van der Waals surface area contributed by atoms with Gasteiger partial charge in [-0.05, 0) is 51.0 Å². The Morgan fingerprint density at radius 2 is 1.62 bits per heavy atom. The molecule has 0 bridgehead atoms. The second-order valence-corrected chi connectivity index (χ2v) is 6.70. The highest BCUT2D eigenvalue weighted by Crippen LogP contribution is 2.41. The van der Waals surface area contributed by atoms with Gasteiger partial charge in [0.2, 0.25) is 0 Å². The molecule has 1 aliphatic heterocycles. The van der Waals surface area contributed by atoms with Crippen LogP contribution in [0, 0.1) is 6.92 Å². The van der Waals surface area contributed by atoms with Gasteiger partial charge in [-0.1, -0.05) is 30.3 Å². The Morgan fingerprint density at radius 1 is 0.952 bits per heavy atom. The van der Waals surface area contributed by atoms with E-state index in [1.807, 2.05) is 31.2 Å². The quantitative estimate of drug-likeness (QED) is 0.698. The number of rotatable bonds is 0. The summed E-state index contributed by atoms with van der Waals surface area (Å²) >= 11 is 0. The molecule has 0 saturated carbocycles. The van der Waals surface area contributed by atoms with Crippen LogP contribution in [-0.4, -0.2) is 11.3 Å². The third kappa shape index (κ3) is 2.25. The first-order chi connectivity index (χ1) is 9.89. The number of carbonyl (C=O) groups is 1. The van der Waals surface area contributed by atoms with Gasteiger partial charge in [0, 0.05) is 23.2 Å². The summed E-state index contributed by atoms with van der Waals surface area (Å²) in [6, 6.07) is 14.4. The fraction of sp³-hybridized carbons (Fsp3) is 0.316. The van der Waals surface area contributed by atoms with Crippen LogP contribution in [0.15, 0.2) is 42.5 Å². The van der Waals surface area contributed by atoms with Crippen LogP contribution in [-0.2, 0) is 6.42 Å². The Balaban J connectivity index is 2.36. The standard InChI is InChI=1S/C19H21NO/c1-13-8-7-11-16-18(13)17(21)12-14-9-5-6-10-15(14)20(16)19(2,3)4/h5-11H,12H2,1-4H3. The average molecular weight is 279 g/mol. The molecule has 0 aliphatic carbocycles.